The fraction of sp³-hybridized carbons (Fsp3) is 0.400. The molecule has 0 saturated carbocycles. The van der Waals surface area contributed by atoms with Crippen LogP contribution in [0.4, 0.5) is 4.79 Å². The lowest BCUT2D eigenvalue weighted by Crippen LogP contribution is -2.52. The van der Waals surface area contributed by atoms with Crippen molar-refractivity contribution in [3.05, 3.63) is 95.6 Å². The van der Waals surface area contributed by atoms with E-state index < -0.39 is 0 Å². The van der Waals surface area contributed by atoms with E-state index in [1.807, 2.05) is 4.90 Å². The van der Waals surface area contributed by atoms with Gasteiger partial charge in [-0.05, 0) is 92.2 Å². The van der Waals surface area contributed by atoms with Crippen LogP contribution >= 0.6 is 0 Å². The molecule has 1 aliphatic carbocycles. The summed E-state index contributed by atoms with van der Waals surface area (Å²) in [5.41, 5.74) is 7.72. The number of nitrogens with zero attached hydrogens (tertiary/aromatic N) is 1. The fourth-order valence-corrected chi connectivity index (χ4v) is 7.06. The van der Waals surface area contributed by atoms with Crippen LogP contribution in [-0.2, 0) is 14.0 Å². The lowest BCUT2D eigenvalue weighted by Gasteiger charge is -2.44. The Morgan fingerprint density at radius 1 is 0.902 bits per heavy atom. The summed E-state index contributed by atoms with van der Waals surface area (Å²) < 4.78 is 18.7. The van der Waals surface area contributed by atoms with Gasteiger partial charge in [0.1, 0.15) is 6.61 Å². The average Bonchev–Trinajstić information content (AvgIpc) is 3.40. The molecule has 2 unspecified atom stereocenters. The van der Waals surface area contributed by atoms with Gasteiger partial charge in [-0.1, -0.05) is 78.9 Å². The molecule has 6 heteroatoms. The van der Waals surface area contributed by atoms with Gasteiger partial charge in [0.05, 0.1) is 17.2 Å². The summed E-state index contributed by atoms with van der Waals surface area (Å²) in [6.45, 7) is 8.69. The number of amides is 1. The van der Waals surface area contributed by atoms with Crippen molar-refractivity contribution in [2.75, 3.05) is 6.61 Å². The molecule has 0 N–H and O–H groups in total. The molecule has 3 aromatic carbocycles. The molecular weight excluding hydrogens is 509 g/mol. The first-order valence-corrected chi connectivity index (χ1v) is 15.0. The van der Waals surface area contributed by atoms with Crippen LogP contribution in [0, 0.1) is 0 Å². The molecule has 3 heterocycles. The van der Waals surface area contributed by atoms with Crippen LogP contribution in [0.5, 0.6) is 0 Å². The SMILES string of the molecule is CC1(C)OB(c2cccc(C3=CC4CCCC(C3)N4C(=O)OCC3c4ccccc4-c4ccccc43)c2)OC1(C)C. The van der Waals surface area contributed by atoms with E-state index in [4.69, 9.17) is 14.0 Å². The van der Waals surface area contributed by atoms with Gasteiger partial charge in [0.25, 0.3) is 0 Å². The third-order valence-electron chi connectivity index (χ3n) is 9.97. The quantitative estimate of drug-likeness (QED) is 0.332. The van der Waals surface area contributed by atoms with E-state index in [1.54, 1.807) is 0 Å². The predicted octanol–water partition coefficient (Wildman–Crippen LogP) is 6.95. The first-order chi connectivity index (χ1) is 19.7. The van der Waals surface area contributed by atoms with Gasteiger partial charge in [-0.25, -0.2) is 4.79 Å². The number of hydrogen-bond donors (Lipinski definition) is 0. The summed E-state index contributed by atoms with van der Waals surface area (Å²) in [7, 11) is -0.388. The Kier molecular flexibility index (Phi) is 6.40. The molecule has 0 spiro atoms. The van der Waals surface area contributed by atoms with Gasteiger partial charge in [0.2, 0.25) is 0 Å². The maximum Gasteiger partial charge on any atom is 0.494 e. The summed E-state index contributed by atoms with van der Waals surface area (Å²) in [6, 6.07) is 25.7. The highest BCUT2D eigenvalue weighted by molar-refractivity contribution is 6.62. The molecule has 2 atom stereocenters. The monoisotopic (exact) mass is 547 g/mol. The Morgan fingerprint density at radius 3 is 2.22 bits per heavy atom. The normalized spacial score (nSPS) is 24.0. The van der Waals surface area contributed by atoms with Gasteiger partial charge in [0.15, 0.2) is 0 Å². The Balaban J connectivity index is 1.09. The number of carbonyl (C=O) groups excluding carboxylic acids is 1. The van der Waals surface area contributed by atoms with Crippen molar-refractivity contribution in [3.63, 3.8) is 0 Å². The molecule has 2 bridgehead atoms. The number of benzene rings is 3. The standard InChI is InChI=1S/C35H38BNO4/c1-34(2)35(3,4)41-36(40-34)25-12-9-11-23(19-25)24-20-26-13-10-14-27(21-24)37(26)33(38)39-22-32-30-17-7-5-15-28(30)29-16-6-8-18-31(29)32/h5-9,11-12,15-20,26-27,32H,10,13-14,21-22H2,1-4H3. The molecule has 0 radical (unpaired) electrons. The molecule has 7 rings (SSSR count). The zero-order valence-electron chi connectivity index (χ0n) is 24.4. The van der Waals surface area contributed by atoms with Crippen molar-refractivity contribution in [1.82, 2.24) is 4.90 Å². The fourth-order valence-electron chi connectivity index (χ4n) is 7.06. The number of carbonyl (C=O) groups is 1. The zero-order chi connectivity index (χ0) is 28.4. The lowest BCUT2D eigenvalue weighted by molar-refractivity contribution is 0.00578. The topological polar surface area (TPSA) is 48.0 Å². The first-order valence-electron chi connectivity index (χ1n) is 15.0. The second kappa shape index (κ2) is 9.89. The molecule has 210 valence electrons. The number of fused-ring (bicyclic) bond motifs is 5. The minimum Gasteiger partial charge on any atom is -0.448 e. The molecule has 4 aliphatic rings. The van der Waals surface area contributed by atoms with Crippen LogP contribution < -0.4 is 5.46 Å². The highest BCUT2D eigenvalue weighted by Crippen LogP contribution is 2.45. The Morgan fingerprint density at radius 2 is 1.56 bits per heavy atom. The highest BCUT2D eigenvalue weighted by Gasteiger charge is 2.51. The molecule has 2 fully saturated rings. The van der Waals surface area contributed by atoms with Crippen molar-refractivity contribution in [3.8, 4) is 11.1 Å². The minimum absolute atomic E-state index is 0.0497. The summed E-state index contributed by atoms with van der Waals surface area (Å²) in [4.78, 5) is 15.6. The maximum atomic E-state index is 13.6. The molecule has 3 aromatic rings. The van der Waals surface area contributed by atoms with E-state index in [-0.39, 0.29) is 42.4 Å². The van der Waals surface area contributed by atoms with E-state index in [0.29, 0.717) is 6.61 Å². The van der Waals surface area contributed by atoms with Crippen molar-refractivity contribution in [2.45, 2.75) is 82.6 Å². The number of ether oxygens (including phenoxy) is 1. The van der Waals surface area contributed by atoms with Crippen molar-refractivity contribution in [2.24, 2.45) is 0 Å². The molecule has 3 aliphatic heterocycles. The third-order valence-corrected chi connectivity index (χ3v) is 9.97. The molecule has 1 amide bonds. The summed E-state index contributed by atoms with van der Waals surface area (Å²) in [6.07, 6.45) is 6.01. The smallest absolute Gasteiger partial charge is 0.448 e. The summed E-state index contributed by atoms with van der Waals surface area (Å²) >= 11 is 0. The zero-order valence-corrected chi connectivity index (χ0v) is 24.4. The highest BCUT2D eigenvalue weighted by atomic mass is 16.7. The number of piperidine rings is 1. The van der Waals surface area contributed by atoms with Crippen molar-refractivity contribution < 1.29 is 18.8 Å². The van der Waals surface area contributed by atoms with Gasteiger partial charge >= 0.3 is 13.2 Å². The second-order valence-corrected chi connectivity index (χ2v) is 13.0. The maximum absolute atomic E-state index is 13.6. The Labute approximate surface area is 243 Å². The van der Waals surface area contributed by atoms with Gasteiger partial charge < -0.3 is 14.0 Å². The van der Waals surface area contributed by atoms with E-state index in [0.717, 1.165) is 31.1 Å². The predicted molar refractivity (Wildman–Crippen MR) is 163 cm³/mol. The van der Waals surface area contributed by atoms with E-state index >= 15 is 0 Å². The van der Waals surface area contributed by atoms with Crippen LogP contribution in [0.3, 0.4) is 0 Å². The van der Waals surface area contributed by atoms with E-state index in [1.165, 1.54) is 33.4 Å². The van der Waals surface area contributed by atoms with Crippen molar-refractivity contribution in [1.29, 1.82) is 0 Å². The summed E-state index contributed by atoms with van der Waals surface area (Å²) in [5, 5.41) is 0. The molecular formula is C35H38BNO4. The molecule has 41 heavy (non-hydrogen) atoms. The number of hydrogen-bond acceptors (Lipinski definition) is 4. The first kappa shape index (κ1) is 26.5. The largest absolute Gasteiger partial charge is 0.494 e. The summed E-state index contributed by atoms with van der Waals surface area (Å²) in [5.74, 6) is 0.0693. The Bertz CT molecular complexity index is 1470. The minimum atomic E-state index is -0.388. The molecule has 5 nitrogen and oxygen atoms in total. The lowest BCUT2D eigenvalue weighted by atomic mass is 9.76. The van der Waals surface area contributed by atoms with Gasteiger partial charge in [-0.15, -0.1) is 0 Å². The number of rotatable bonds is 4. The molecule has 2 saturated heterocycles. The van der Waals surface area contributed by atoms with E-state index in [9.17, 15) is 4.79 Å². The van der Waals surface area contributed by atoms with Gasteiger partial charge in [-0.2, -0.15) is 0 Å². The van der Waals surface area contributed by atoms with Crippen molar-refractivity contribution >= 4 is 24.2 Å². The van der Waals surface area contributed by atoms with Crippen LogP contribution in [0.25, 0.3) is 16.7 Å². The molecule has 0 aromatic heterocycles. The van der Waals surface area contributed by atoms with Gasteiger partial charge in [-0.3, -0.25) is 4.90 Å². The van der Waals surface area contributed by atoms with Crippen LogP contribution in [0.1, 0.15) is 76.0 Å². The van der Waals surface area contributed by atoms with Crippen LogP contribution in [-0.4, -0.2) is 48.0 Å². The second-order valence-electron chi connectivity index (χ2n) is 13.0. The van der Waals surface area contributed by atoms with E-state index in [2.05, 4.69) is 107 Å². The van der Waals surface area contributed by atoms with Crippen LogP contribution in [0.2, 0.25) is 0 Å². The average molecular weight is 548 g/mol. The Hall–Kier alpha value is -3.35. The van der Waals surface area contributed by atoms with Crippen LogP contribution in [0.15, 0.2) is 78.9 Å². The third kappa shape index (κ3) is 4.52. The van der Waals surface area contributed by atoms with Gasteiger partial charge in [0, 0.05) is 12.0 Å².